The van der Waals surface area contributed by atoms with E-state index < -0.39 is 23.1 Å². The molecular weight excluding hydrogens is 315 g/mol. The highest BCUT2D eigenvalue weighted by Gasteiger charge is 2.32. The van der Waals surface area contributed by atoms with Crippen LogP contribution in [0, 0.1) is 0 Å². The molecule has 1 unspecified atom stereocenters. The van der Waals surface area contributed by atoms with Crippen LogP contribution in [-0.4, -0.2) is 16.5 Å². The maximum atomic E-state index is 12.4. The van der Waals surface area contributed by atoms with E-state index in [1.165, 1.54) is 0 Å². The minimum atomic E-state index is -4.57. The summed E-state index contributed by atoms with van der Waals surface area (Å²) in [7, 11) is 0. The van der Waals surface area contributed by atoms with Gasteiger partial charge in [-0.05, 0) is 17.7 Å². The maximum absolute atomic E-state index is 12.4. The normalized spacial score (nSPS) is 13.4. The molecule has 0 aliphatic carbocycles. The van der Waals surface area contributed by atoms with Crippen molar-refractivity contribution < 1.29 is 23.1 Å². The second kappa shape index (κ2) is 5.55. The van der Waals surface area contributed by atoms with Gasteiger partial charge in [0, 0.05) is 16.5 Å². The number of benzene rings is 1. The Hall–Kier alpha value is -0.650. The molecule has 0 aliphatic heterocycles. The van der Waals surface area contributed by atoms with Crippen LogP contribution < -0.4 is 0 Å². The second-order valence-corrected chi connectivity index (χ2v) is 4.77. The van der Waals surface area contributed by atoms with E-state index >= 15 is 0 Å². The number of carboxylic acid groups (broad SMARTS) is 1. The Bertz CT molecular complexity index is 451. The van der Waals surface area contributed by atoms with Crippen LogP contribution in [0.3, 0.4) is 0 Å². The van der Waals surface area contributed by atoms with E-state index in [2.05, 4.69) is 0 Å². The van der Waals surface area contributed by atoms with Crippen molar-refractivity contribution in [3.8, 4) is 0 Å². The predicted octanol–water partition coefficient (Wildman–Crippen LogP) is 4.25. The summed E-state index contributed by atoms with van der Waals surface area (Å²) in [6, 6.07) is 1.38. The molecule has 0 bridgehead atoms. The van der Waals surface area contributed by atoms with Crippen LogP contribution in [0.15, 0.2) is 12.1 Å². The zero-order valence-electron chi connectivity index (χ0n) is 8.56. The Morgan fingerprint density at radius 2 is 1.72 bits per heavy atom. The van der Waals surface area contributed by atoms with Gasteiger partial charge >= 0.3 is 12.1 Å². The lowest BCUT2D eigenvalue weighted by atomic mass is 10.1. The van der Waals surface area contributed by atoms with Gasteiger partial charge in [-0.3, -0.25) is 4.79 Å². The molecule has 0 aliphatic rings. The molecule has 0 saturated carbocycles. The molecule has 0 aromatic heterocycles. The van der Waals surface area contributed by atoms with Crippen LogP contribution in [0.4, 0.5) is 13.2 Å². The number of carbonyl (C=O) groups is 1. The van der Waals surface area contributed by atoms with Crippen molar-refractivity contribution in [3.63, 3.8) is 0 Å². The fourth-order valence-electron chi connectivity index (χ4n) is 1.23. The first-order chi connectivity index (χ1) is 8.12. The molecule has 0 heterocycles. The third-order valence-corrected chi connectivity index (χ3v) is 3.14. The minimum absolute atomic E-state index is 0.0775. The SMILES string of the molecule is O=C(O)C(Cl)Cc1c(Cl)cc(C(F)(F)F)cc1Cl. The smallest absolute Gasteiger partial charge is 0.416 e. The Kier molecular flexibility index (Phi) is 4.75. The molecule has 100 valence electrons. The largest absolute Gasteiger partial charge is 0.480 e. The Balaban J connectivity index is 3.13. The zero-order valence-corrected chi connectivity index (χ0v) is 10.8. The van der Waals surface area contributed by atoms with Gasteiger partial charge in [0.05, 0.1) is 5.56 Å². The highest BCUT2D eigenvalue weighted by atomic mass is 35.5. The van der Waals surface area contributed by atoms with Gasteiger partial charge in [0.2, 0.25) is 0 Å². The predicted molar refractivity (Wildman–Crippen MR) is 62.4 cm³/mol. The molecule has 0 radical (unpaired) electrons. The van der Waals surface area contributed by atoms with Gasteiger partial charge in [0.25, 0.3) is 0 Å². The molecule has 0 amide bonds. The van der Waals surface area contributed by atoms with Gasteiger partial charge in [-0.25, -0.2) is 0 Å². The van der Waals surface area contributed by atoms with E-state index in [1.807, 2.05) is 0 Å². The van der Waals surface area contributed by atoms with Crippen molar-refractivity contribution >= 4 is 40.8 Å². The molecule has 1 rings (SSSR count). The molecule has 1 atom stereocenters. The molecule has 0 spiro atoms. The summed E-state index contributed by atoms with van der Waals surface area (Å²) in [6.45, 7) is 0. The number of hydrogen-bond donors (Lipinski definition) is 1. The lowest BCUT2D eigenvalue weighted by Gasteiger charge is -2.13. The summed E-state index contributed by atoms with van der Waals surface area (Å²) in [5.41, 5.74) is -0.920. The quantitative estimate of drug-likeness (QED) is 0.845. The lowest BCUT2D eigenvalue weighted by molar-refractivity contribution is -0.138. The average Bonchev–Trinajstić information content (AvgIpc) is 2.21. The first-order valence-electron chi connectivity index (χ1n) is 4.55. The zero-order chi connectivity index (χ0) is 14.1. The van der Waals surface area contributed by atoms with Crippen molar-refractivity contribution in [1.29, 1.82) is 0 Å². The van der Waals surface area contributed by atoms with Crippen molar-refractivity contribution in [2.75, 3.05) is 0 Å². The number of hydrogen-bond acceptors (Lipinski definition) is 1. The van der Waals surface area contributed by atoms with Gasteiger partial charge in [-0.2, -0.15) is 13.2 Å². The first kappa shape index (κ1) is 15.4. The summed E-state index contributed by atoms with van der Waals surface area (Å²) in [5.74, 6) is -1.30. The summed E-state index contributed by atoms with van der Waals surface area (Å²) < 4.78 is 37.3. The standard InChI is InChI=1S/C10H6Cl3F3O2/c11-6-1-4(10(14,15)16)2-7(12)5(6)3-8(13)9(17)18/h1-2,8H,3H2,(H,17,18). The Morgan fingerprint density at radius 1 is 1.28 bits per heavy atom. The number of rotatable bonds is 3. The number of halogens is 6. The van der Waals surface area contributed by atoms with Crippen LogP contribution in [0.2, 0.25) is 10.0 Å². The van der Waals surface area contributed by atoms with E-state index in [4.69, 9.17) is 39.9 Å². The van der Waals surface area contributed by atoms with Gasteiger partial charge in [-0.15, -0.1) is 11.6 Å². The fourth-order valence-corrected chi connectivity index (χ4v) is 2.02. The van der Waals surface area contributed by atoms with Crippen LogP contribution in [0.5, 0.6) is 0 Å². The molecule has 1 aromatic carbocycles. The van der Waals surface area contributed by atoms with Crippen LogP contribution in [0.1, 0.15) is 11.1 Å². The first-order valence-corrected chi connectivity index (χ1v) is 5.74. The van der Waals surface area contributed by atoms with Crippen molar-refractivity contribution in [3.05, 3.63) is 33.3 Å². The van der Waals surface area contributed by atoms with Crippen molar-refractivity contribution in [1.82, 2.24) is 0 Å². The molecule has 0 fully saturated rings. The minimum Gasteiger partial charge on any atom is -0.480 e. The molecule has 1 aromatic rings. The highest BCUT2D eigenvalue weighted by Crippen LogP contribution is 2.36. The van der Waals surface area contributed by atoms with Crippen molar-refractivity contribution in [2.45, 2.75) is 18.0 Å². The topological polar surface area (TPSA) is 37.3 Å². The third kappa shape index (κ3) is 3.67. The van der Waals surface area contributed by atoms with Crippen molar-refractivity contribution in [2.24, 2.45) is 0 Å². The van der Waals surface area contributed by atoms with E-state index in [-0.39, 0.29) is 22.0 Å². The third-order valence-electron chi connectivity index (χ3n) is 2.12. The van der Waals surface area contributed by atoms with Crippen LogP contribution in [-0.2, 0) is 17.4 Å². The number of alkyl halides is 4. The monoisotopic (exact) mass is 320 g/mol. The fraction of sp³-hybridized carbons (Fsp3) is 0.300. The molecule has 2 nitrogen and oxygen atoms in total. The number of aliphatic carboxylic acids is 1. The van der Waals surface area contributed by atoms with Gasteiger partial charge < -0.3 is 5.11 Å². The Morgan fingerprint density at radius 3 is 2.06 bits per heavy atom. The second-order valence-electron chi connectivity index (χ2n) is 3.43. The van der Waals surface area contributed by atoms with E-state index in [0.29, 0.717) is 12.1 Å². The summed E-state index contributed by atoms with van der Waals surface area (Å²) in [6.07, 6.45) is -4.83. The van der Waals surface area contributed by atoms with Gasteiger partial charge in [-0.1, -0.05) is 23.2 Å². The Labute approximate surface area is 115 Å². The summed E-state index contributed by atoms with van der Waals surface area (Å²) >= 11 is 16.8. The molecule has 8 heteroatoms. The average molecular weight is 322 g/mol. The van der Waals surface area contributed by atoms with Gasteiger partial charge in [0.15, 0.2) is 0 Å². The molecule has 18 heavy (non-hydrogen) atoms. The molecular formula is C10H6Cl3F3O2. The van der Waals surface area contributed by atoms with E-state index in [0.717, 1.165) is 0 Å². The summed E-state index contributed by atoms with van der Waals surface area (Å²) in [4.78, 5) is 10.6. The van der Waals surface area contributed by atoms with E-state index in [1.54, 1.807) is 0 Å². The highest BCUT2D eigenvalue weighted by molar-refractivity contribution is 6.36. The number of carboxylic acids is 1. The maximum Gasteiger partial charge on any atom is 0.416 e. The van der Waals surface area contributed by atoms with Gasteiger partial charge in [0.1, 0.15) is 5.38 Å². The molecule has 0 saturated heterocycles. The van der Waals surface area contributed by atoms with Crippen LogP contribution in [0.25, 0.3) is 0 Å². The van der Waals surface area contributed by atoms with Crippen LogP contribution >= 0.6 is 34.8 Å². The van der Waals surface area contributed by atoms with E-state index in [9.17, 15) is 18.0 Å². The lowest BCUT2D eigenvalue weighted by Crippen LogP contribution is -2.17. The summed E-state index contributed by atoms with van der Waals surface area (Å²) in [5, 5.41) is 6.78. The molecule has 1 N–H and O–H groups in total.